The van der Waals surface area contributed by atoms with E-state index in [4.69, 9.17) is 9.47 Å². The summed E-state index contributed by atoms with van der Waals surface area (Å²) in [5, 5.41) is 0. The van der Waals surface area contributed by atoms with Gasteiger partial charge in [0.15, 0.2) is 0 Å². The number of hydrogen-bond acceptors (Lipinski definition) is 5. The van der Waals surface area contributed by atoms with Crippen LogP contribution in [-0.4, -0.2) is 75.2 Å². The number of hydrogen-bond donors (Lipinski definition) is 0. The lowest BCUT2D eigenvalue weighted by molar-refractivity contribution is 0.0746. The van der Waals surface area contributed by atoms with Gasteiger partial charge in [0.1, 0.15) is 11.5 Å². The maximum atomic E-state index is 13.0. The molecule has 0 radical (unpaired) electrons. The van der Waals surface area contributed by atoms with Crippen LogP contribution in [0.2, 0.25) is 0 Å². The summed E-state index contributed by atoms with van der Waals surface area (Å²) >= 11 is 0. The van der Waals surface area contributed by atoms with Crippen LogP contribution >= 0.6 is 0 Å². The van der Waals surface area contributed by atoms with Gasteiger partial charge in [0.05, 0.1) is 19.4 Å². The quantitative estimate of drug-likeness (QED) is 0.550. The second kappa shape index (κ2) is 10.7. The first-order chi connectivity index (χ1) is 16.7. The number of ether oxygens (including phenoxy) is 2. The molecule has 182 valence electrons. The summed E-state index contributed by atoms with van der Waals surface area (Å²) < 4.78 is 11.4. The maximum absolute atomic E-state index is 13.0. The summed E-state index contributed by atoms with van der Waals surface area (Å²) in [6.07, 6.45) is 5.35. The van der Waals surface area contributed by atoms with Crippen molar-refractivity contribution in [1.29, 1.82) is 0 Å². The van der Waals surface area contributed by atoms with Crippen molar-refractivity contribution in [3.8, 4) is 11.5 Å². The molecule has 6 nitrogen and oxygen atoms in total. The molecule has 2 heterocycles. The van der Waals surface area contributed by atoms with Crippen LogP contribution in [0.5, 0.6) is 11.5 Å². The van der Waals surface area contributed by atoms with Gasteiger partial charge in [0.25, 0.3) is 5.91 Å². The Bertz CT molecular complexity index is 944. The molecule has 2 atom stereocenters. The Morgan fingerprint density at radius 2 is 1.65 bits per heavy atom. The molecule has 0 spiro atoms. The zero-order valence-corrected chi connectivity index (χ0v) is 20.3. The number of carbonyl (C=O) groups is 1. The predicted molar refractivity (Wildman–Crippen MR) is 135 cm³/mol. The van der Waals surface area contributed by atoms with Gasteiger partial charge in [-0.15, -0.1) is 0 Å². The van der Waals surface area contributed by atoms with Crippen molar-refractivity contribution in [1.82, 2.24) is 9.80 Å². The molecule has 0 bridgehead atoms. The average molecular weight is 464 g/mol. The molecule has 2 saturated heterocycles. The Hall–Kier alpha value is -2.73. The number of nitrogens with zero attached hydrogens (tertiary/aromatic N) is 3. The maximum Gasteiger partial charge on any atom is 0.253 e. The first-order valence-electron chi connectivity index (χ1n) is 12.8. The molecule has 1 amide bonds. The summed E-state index contributed by atoms with van der Waals surface area (Å²) in [4.78, 5) is 19.8. The monoisotopic (exact) mass is 463 g/mol. The van der Waals surface area contributed by atoms with Crippen LogP contribution in [0.3, 0.4) is 0 Å². The highest BCUT2D eigenvalue weighted by Crippen LogP contribution is 2.37. The number of benzene rings is 2. The molecule has 34 heavy (non-hydrogen) atoms. The topological polar surface area (TPSA) is 45.3 Å². The molecule has 1 saturated carbocycles. The number of carbonyl (C=O) groups excluding carboxylic acids is 1. The molecule has 0 aromatic heterocycles. The van der Waals surface area contributed by atoms with Crippen LogP contribution in [0.15, 0.2) is 48.5 Å². The molecular formula is C28H37N3O3. The Morgan fingerprint density at radius 3 is 2.35 bits per heavy atom. The second-order valence-electron chi connectivity index (χ2n) is 9.89. The van der Waals surface area contributed by atoms with Gasteiger partial charge >= 0.3 is 0 Å². The molecule has 2 aliphatic heterocycles. The van der Waals surface area contributed by atoms with Gasteiger partial charge in [0.2, 0.25) is 0 Å². The van der Waals surface area contributed by atoms with E-state index in [2.05, 4.69) is 15.9 Å². The minimum absolute atomic E-state index is 0.0887. The Kier molecular flexibility index (Phi) is 7.24. The third-order valence-corrected chi connectivity index (χ3v) is 7.78. The zero-order valence-electron chi connectivity index (χ0n) is 20.3. The Morgan fingerprint density at radius 1 is 0.941 bits per heavy atom. The van der Waals surface area contributed by atoms with Crippen molar-refractivity contribution in [3.63, 3.8) is 0 Å². The van der Waals surface area contributed by atoms with E-state index in [1.165, 1.54) is 32.4 Å². The number of piperazine rings is 1. The van der Waals surface area contributed by atoms with Gasteiger partial charge in [0, 0.05) is 51.4 Å². The average Bonchev–Trinajstić information content (AvgIpc) is 3.49. The van der Waals surface area contributed by atoms with Gasteiger partial charge < -0.3 is 24.2 Å². The van der Waals surface area contributed by atoms with E-state index in [0.29, 0.717) is 13.1 Å². The molecule has 2 aromatic rings. The summed E-state index contributed by atoms with van der Waals surface area (Å²) in [5.41, 5.74) is 1.81. The fourth-order valence-corrected chi connectivity index (χ4v) is 5.91. The Labute approximate surface area is 203 Å². The number of para-hydroxylation sites is 2. The molecule has 0 N–H and O–H groups in total. The van der Waals surface area contributed by atoms with Crippen molar-refractivity contribution < 1.29 is 14.3 Å². The molecule has 5 rings (SSSR count). The minimum atomic E-state index is 0.0887. The normalized spacial score (nSPS) is 22.6. The largest absolute Gasteiger partial charge is 0.495 e. The van der Waals surface area contributed by atoms with E-state index >= 15 is 0 Å². The SMILES string of the molecule is COc1ccccc1N1CCN(C(=O)c2ccc(OCCCN3CC4CCCC4C3)cc2)CC1. The van der Waals surface area contributed by atoms with E-state index in [0.717, 1.165) is 67.2 Å². The smallest absolute Gasteiger partial charge is 0.253 e. The van der Waals surface area contributed by atoms with Gasteiger partial charge in [-0.3, -0.25) is 4.79 Å². The minimum Gasteiger partial charge on any atom is -0.495 e. The summed E-state index contributed by atoms with van der Waals surface area (Å²) in [6.45, 7) is 7.43. The number of likely N-dealkylation sites (tertiary alicyclic amines) is 1. The van der Waals surface area contributed by atoms with Crippen LogP contribution in [0.4, 0.5) is 5.69 Å². The Balaban J connectivity index is 1.05. The standard InChI is InChI=1S/C28H37N3O3/c1-33-27-9-3-2-8-26(27)30-15-17-31(18-16-30)28(32)22-10-12-25(13-11-22)34-19-5-14-29-20-23-6-4-7-24(23)21-29/h2-3,8-13,23-24H,4-7,14-21H2,1H3. The van der Waals surface area contributed by atoms with Crippen molar-refractivity contribution in [2.75, 3.05) is 64.4 Å². The number of methoxy groups -OCH3 is 1. The third-order valence-electron chi connectivity index (χ3n) is 7.78. The second-order valence-corrected chi connectivity index (χ2v) is 9.89. The van der Waals surface area contributed by atoms with E-state index in [9.17, 15) is 4.79 Å². The fourth-order valence-electron chi connectivity index (χ4n) is 5.91. The van der Waals surface area contributed by atoms with Gasteiger partial charge in [-0.05, 0) is 67.5 Å². The highest BCUT2D eigenvalue weighted by Gasteiger charge is 2.35. The van der Waals surface area contributed by atoms with E-state index < -0.39 is 0 Å². The van der Waals surface area contributed by atoms with Crippen LogP contribution < -0.4 is 14.4 Å². The van der Waals surface area contributed by atoms with Gasteiger partial charge in [-0.25, -0.2) is 0 Å². The van der Waals surface area contributed by atoms with E-state index in [-0.39, 0.29) is 5.91 Å². The lowest BCUT2D eigenvalue weighted by Crippen LogP contribution is -2.48. The summed E-state index contributed by atoms with van der Waals surface area (Å²) in [7, 11) is 1.70. The molecule has 3 aliphatic rings. The van der Waals surface area contributed by atoms with Crippen molar-refractivity contribution in [3.05, 3.63) is 54.1 Å². The fraction of sp³-hybridized carbons (Fsp3) is 0.536. The van der Waals surface area contributed by atoms with E-state index in [1.807, 2.05) is 47.4 Å². The highest BCUT2D eigenvalue weighted by atomic mass is 16.5. The number of rotatable bonds is 8. The van der Waals surface area contributed by atoms with Crippen LogP contribution in [0.1, 0.15) is 36.0 Å². The van der Waals surface area contributed by atoms with Crippen molar-refractivity contribution in [2.45, 2.75) is 25.7 Å². The molecule has 6 heteroatoms. The number of amides is 1. The molecular weight excluding hydrogens is 426 g/mol. The first-order valence-corrected chi connectivity index (χ1v) is 12.8. The van der Waals surface area contributed by atoms with Crippen LogP contribution in [0, 0.1) is 11.8 Å². The lowest BCUT2D eigenvalue weighted by atomic mass is 10.0. The molecule has 2 unspecified atom stereocenters. The molecule has 3 fully saturated rings. The summed E-state index contributed by atoms with van der Waals surface area (Å²) in [5.74, 6) is 3.72. The summed E-state index contributed by atoms with van der Waals surface area (Å²) in [6, 6.07) is 15.7. The number of anilines is 1. The molecule has 2 aromatic carbocycles. The van der Waals surface area contributed by atoms with Gasteiger partial charge in [-0.1, -0.05) is 18.6 Å². The number of fused-ring (bicyclic) bond motifs is 1. The first kappa shape index (κ1) is 23.0. The zero-order chi connectivity index (χ0) is 23.3. The van der Waals surface area contributed by atoms with Crippen LogP contribution in [-0.2, 0) is 0 Å². The van der Waals surface area contributed by atoms with E-state index in [1.54, 1.807) is 7.11 Å². The van der Waals surface area contributed by atoms with Gasteiger partial charge in [-0.2, -0.15) is 0 Å². The highest BCUT2D eigenvalue weighted by molar-refractivity contribution is 5.94. The van der Waals surface area contributed by atoms with Crippen LogP contribution in [0.25, 0.3) is 0 Å². The van der Waals surface area contributed by atoms with Crippen molar-refractivity contribution in [2.24, 2.45) is 11.8 Å². The predicted octanol–water partition coefficient (Wildman–Crippen LogP) is 4.16. The molecule has 1 aliphatic carbocycles. The third kappa shape index (κ3) is 5.17. The van der Waals surface area contributed by atoms with Crippen molar-refractivity contribution >= 4 is 11.6 Å². The lowest BCUT2D eigenvalue weighted by Gasteiger charge is -2.36.